The molecule has 0 atom stereocenters. The van der Waals surface area contributed by atoms with Crippen LogP contribution >= 0.6 is 0 Å². The number of esters is 1. The van der Waals surface area contributed by atoms with E-state index in [0.29, 0.717) is 18.7 Å². The fourth-order valence-corrected chi connectivity index (χ4v) is 2.51. The van der Waals surface area contributed by atoms with Gasteiger partial charge in [0, 0.05) is 17.9 Å². The molecule has 0 aromatic heterocycles. The van der Waals surface area contributed by atoms with Crippen LogP contribution in [0, 0.1) is 6.92 Å². The van der Waals surface area contributed by atoms with Gasteiger partial charge in [-0.3, -0.25) is 4.79 Å². The number of likely N-dealkylation sites (N-methyl/N-ethyl adjacent to an activating group) is 1. The maximum Gasteiger partial charge on any atom is 0.338 e. The zero-order valence-electron chi connectivity index (χ0n) is 14.9. The van der Waals surface area contributed by atoms with Gasteiger partial charge in [-0.1, -0.05) is 12.1 Å². The molecule has 1 N–H and O–H groups in total. The average Bonchev–Trinajstić information content (AvgIpc) is 2.61. The van der Waals surface area contributed by atoms with Crippen molar-refractivity contribution in [3.63, 3.8) is 0 Å². The number of nitrogens with one attached hydrogen (secondary N) is 1. The predicted octanol–water partition coefficient (Wildman–Crippen LogP) is 3.64. The predicted molar refractivity (Wildman–Crippen MR) is 100 cm³/mol. The summed E-state index contributed by atoms with van der Waals surface area (Å²) in [4.78, 5) is 25.9. The summed E-state index contributed by atoms with van der Waals surface area (Å²) < 4.78 is 4.95. The summed E-state index contributed by atoms with van der Waals surface area (Å²) in [6.45, 7) is 6.86. The maximum atomic E-state index is 12.5. The second kappa shape index (κ2) is 8.87. The highest BCUT2D eigenvalue weighted by molar-refractivity contribution is 5.96. The highest BCUT2D eigenvalue weighted by atomic mass is 16.5. The average molecular weight is 340 g/mol. The number of anilines is 2. The maximum absolute atomic E-state index is 12.5. The fraction of sp³-hybridized carbons (Fsp3) is 0.300. The molecule has 5 nitrogen and oxygen atoms in total. The van der Waals surface area contributed by atoms with Crippen molar-refractivity contribution in [1.82, 2.24) is 0 Å². The third-order valence-corrected chi connectivity index (χ3v) is 3.77. The number of aryl methyl sites for hydroxylation is 1. The van der Waals surface area contributed by atoms with E-state index in [9.17, 15) is 9.59 Å². The number of hydrogen-bond acceptors (Lipinski definition) is 4. The lowest BCUT2D eigenvalue weighted by Crippen LogP contribution is -2.35. The second-order valence-corrected chi connectivity index (χ2v) is 5.63. The van der Waals surface area contributed by atoms with Gasteiger partial charge in [0.2, 0.25) is 5.91 Å². The van der Waals surface area contributed by atoms with Crippen LogP contribution in [0.5, 0.6) is 0 Å². The molecule has 1 amide bonds. The summed E-state index contributed by atoms with van der Waals surface area (Å²) in [5.41, 5.74) is 3.29. The van der Waals surface area contributed by atoms with Gasteiger partial charge in [-0.25, -0.2) is 4.79 Å². The zero-order chi connectivity index (χ0) is 18.2. The van der Waals surface area contributed by atoms with Crippen molar-refractivity contribution >= 4 is 23.3 Å². The van der Waals surface area contributed by atoms with Crippen molar-refractivity contribution in [2.24, 2.45) is 0 Å². The molecule has 0 aliphatic heterocycles. The van der Waals surface area contributed by atoms with Crippen LogP contribution in [-0.4, -0.2) is 31.6 Å². The number of benzene rings is 2. The third kappa shape index (κ3) is 5.08. The van der Waals surface area contributed by atoms with Gasteiger partial charge in [-0.15, -0.1) is 0 Å². The van der Waals surface area contributed by atoms with E-state index in [1.54, 1.807) is 36.1 Å². The molecule has 5 heteroatoms. The Kier molecular flexibility index (Phi) is 6.57. The minimum Gasteiger partial charge on any atom is -0.462 e. The highest BCUT2D eigenvalue weighted by Gasteiger charge is 2.14. The molecule has 0 heterocycles. The van der Waals surface area contributed by atoms with E-state index in [1.807, 2.05) is 38.1 Å². The monoisotopic (exact) mass is 340 g/mol. The Hall–Kier alpha value is -2.82. The highest BCUT2D eigenvalue weighted by Crippen LogP contribution is 2.16. The van der Waals surface area contributed by atoms with E-state index in [2.05, 4.69) is 5.32 Å². The molecule has 0 saturated heterocycles. The molecule has 132 valence electrons. The van der Waals surface area contributed by atoms with Gasteiger partial charge in [0.25, 0.3) is 0 Å². The van der Waals surface area contributed by atoms with Gasteiger partial charge in [-0.05, 0) is 62.7 Å². The van der Waals surface area contributed by atoms with Crippen molar-refractivity contribution in [3.05, 3.63) is 59.7 Å². The van der Waals surface area contributed by atoms with Crippen LogP contribution < -0.4 is 10.2 Å². The molecule has 0 fully saturated rings. The summed E-state index contributed by atoms with van der Waals surface area (Å²) in [5, 5.41) is 3.10. The number of ether oxygens (including phenoxy) is 1. The lowest BCUT2D eigenvalue weighted by molar-refractivity contribution is -0.116. The number of hydrogen-bond donors (Lipinski definition) is 1. The van der Waals surface area contributed by atoms with E-state index in [-0.39, 0.29) is 18.4 Å². The van der Waals surface area contributed by atoms with E-state index < -0.39 is 0 Å². The molecule has 0 aliphatic carbocycles. The normalized spacial score (nSPS) is 10.2. The molecule has 2 rings (SSSR count). The lowest BCUT2D eigenvalue weighted by atomic mass is 10.2. The van der Waals surface area contributed by atoms with Crippen LogP contribution in [-0.2, 0) is 9.53 Å². The largest absolute Gasteiger partial charge is 0.462 e. The Labute approximate surface area is 148 Å². The van der Waals surface area contributed by atoms with Crippen molar-refractivity contribution in [3.8, 4) is 0 Å². The van der Waals surface area contributed by atoms with Gasteiger partial charge >= 0.3 is 5.97 Å². The van der Waals surface area contributed by atoms with Crippen LogP contribution in [0.15, 0.2) is 48.5 Å². The summed E-state index contributed by atoms with van der Waals surface area (Å²) in [5.74, 6) is -0.357. The molecule has 2 aromatic carbocycles. The van der Waals surface area contributed by atoms with E-state index in [0.717, 1.165) is 16.9 Å². The molecule has 0 bridgehead atoms. The van der Waals surface area contributed by atoms with Gasteiger partial charge in [0.15, 0.2) is 0 Å². The Bertz CT molecular complexity index is 726. The first-order chi connectivity index (χ1) is 12.0. The second-order valence-electron chi connectivity index (χ2n) is 5.63. The molecule has 0 unspecified atom stereocenters. The fourth-order valence-electron chi connectivity index (χ4n) is 2.51. The molecule has 2 aromatic rings. The first-order valence-electron chi connectivity index (χ1n) is 8.43. The smallest absolute Gasteiger partial charge is 0.338 e. The van der Waals surface area contributed by atoms with E-state index in [4.69, 9.17) is 4.74 Å². The quantitative estimate of drug-likeness (QED) is 0.782. The van der Waals surface area contributed by atoms with Crippen LogP contribution in [0.2, 0.25) is 0 Å². The van der Waals surface area contributed by atoms with Crippen LogP contribution in [0.3, 0.4) is 0 Å². The topological polar surface area (TPSA) is 58.6 Å². The zero-order valence-corrected chi connectivity index (χ0v) is 14.9. The molecule has 25 heavy (non-hydrogen) atoms. The van der Waals surface area contributed by atoms with Crippen LogP contribution in [0.4, 0.5) is 11.4 Å². The Morgan fingerprint density at radius 3 is 2.40 bits per heavy atom. The number of carbonyl (C=O) groups is 2. The molecular formula is C20H24N2O3. The number of amides is 1. The SMILES string of the molecule is CCOC(=O)c1ccc(NCC(=O)N(CC)c2cccc(C)c2)cc1. The molecule has 0 aliphatic rings. The van der Waals surface area contributed by atoms with Crippen LogP contribution in [0.25, 0.3) is 0 Å². The Morgan fingerprint density at radius 2 is 1.80 bits per heavy atom. The summed E-state index contributed by atoms with van der Waals surface area (Å²) in [6.07, 6.45) is 0. The number of carbonyl (C=O) groups excluding carboxylic acids is 2. The minimum atomic E-state index is -0.346. The third-order valence-electron chi connectivity index (χ3n) is 3.77. The van der Waals surface area contributed by atoms with Gasteiger partial charge in [0.1, 0.15) is 0 Å². The van der Waals surface area contributed by atoms with Crippen LogP contribution in [0.1, 0.15) is 29.8 Å². The molecule has 0 radical (unpaired) electrons. The number of nitrogens with zero attached hydrogens (tertiary/aromatic N) is 1. The molecule has 0 saturated carbocycles. The van der Waals surface area contributed by atoms with Gasteiger partial charge in [-0.2, -0.15) is 0 Å². The van der Waals surface area contributed by atoms with E-state index in [1.165, 1.54) is 0 Å². The molecule has 0 spiro atoms. The van der Waals surface area contributed by atoms with E-state index >= 15 is 0 Å². The Balaban J connectivity index is 1.97. The van der Waals surface area contributed by atoms with Gasteiger partial charge < -0.3 is 15.0 Å². The van der Waals surface area contributed by atoms with Gasteiger partial charge in [0.05, 0.1) is 18.7 Å². The standard InChI is InChI=1S/C20H24N2O3/c1-4-22(18-8-6-7-15(3)13-18)19(23)14-21-17-11-9-16(10-12-17)20(24)25-5-2/h6-13,21H,4-5,14H2,1-3H3. The first-order valence-corrected chi connectivity index (χ1v) is 8.43. The van der Waals surface area contributed by atoms with Crippen molar-refractivity contribution < 1.29 is 14.3 Å². The number of rotatable bonds is 7. The van der Waals surface area contributed by atoms with Crippen molar-refractivity contribution in [1.29, 1.82) is 0 Å². The first kappa shape index (κ1) is 18.5. The lowest BCUT2D eigenvalue weighted by Gasteiger charge is -2.22. The minimum absolute atomic E-state index is 0.0115. The van der Waals surface area contributed by atoms with Crippen molar-refractivity contribution in [2.75, 3.05) is 29.9 Å². The van der Waals surface area contributed by atoms with Crippen molar-refractivity contribution in [2.45, 2.75) is 20.8 Å². The molecular weight excluding hydrogens is 316 g/mol. The summed E-state index contributed by atoms with van der Waals surface area (Å²) >= 11 is 0. The Morgan fingerprint density at radius 1 is 1.08 bits per heavy atom. The summed E-state index contributed by atoms with van der Waals surface area (Å²) in [7, 11) is 0. The summed E-state index contributed by atoms with van der Waals surface area (Å²) in [6, 6.07) is 14.8.